The van der Waals surface area contributed by atoms with E-state index in [0.29, 0.717) is 33.3 Å². The van der Waals surface area contributed by atoms with Crippen molar-refractivity contribution in [2.24, 2.45) is 0 Å². The third kappa shape index (κ3) is 4.67. The summed E-state index contributed by atoms with van der Waals surface area (Å²) in [5.74, 6) is -2.33. The quantitative estimate of drug-likeness (QED) is 0.204. The summed E-state index contributed by atoms with van der Waals surface area (Å²) in [6.45, 7) is 0. The lowest BCUT2D eigenvalue weighted by Gasteiger charge is -2.33. The Hall–Kier alpha value is -4.47. The predicted molar refractivity (Wildman–Crippen MR) is 146 cm³/mol. The van der Waals surface area contributed by atoms with Gasteiger partial charge in [0.15, 0.2) is 5.82 Å². The van der Waals surface area contributed by atoms with Gasteiger partial charge in [0.05, 0.1) is 44.8 Å². The summed E-state index contributed by atoms with van der Waals surface area (Å²) in [4.78, 5) is 12.1. The summed E-state index contributed by atoms with van der Waals surface area (Å²) in [5.41, 5.74) is 9.27. The lowest BCUT2D eigenvalue weighted by molar-refractivity contribution is 0.260. The van der Waals surface area contributed by atoms with Gasteiger partial charge in [0.2, 0.25) is 5.95 Å². The van der Waals surface area contributed by atoms with Crippen LogP contribution in [0.3, 0.4) is 0 Å². The van der Waals surface area contributed by atoms with E-state index in [4.69, 9.17) is 11.6 Å². The summed E-state index contributed by atoms with van der Waals surface area (Å²) in [6.07, 6.45) is 10.3. The Morgan fingerprint density at radius 1 is 1.15 bits per heavy atom. The maximum atomic E-state index is 13.9. The molecule has 3 aromatic heterocycles. The molecule has 0 amide bonds. The Kier molecular flexibility index (Phi) is 6.17. The molecule has 4 aromatic rings. The van der Waals surface area contributed by atoms with Gasteiger partial charge in [-0.05, 0) is 36.6 Å². The lowest BCUT2D eigenvalue weighted by Crippen LogP contribution is -2.45. The number of pyridine rings is 3. The Morgan fingerprint density at radius 3 is 2.72 bits per heavy atom. The monoisotopic (exact) mass is 543 g/mol. The van der Waals surface area contributed by atoms with E-state index >= 15 is 0 Å². The van der Waals surface area contributed by atoms with E-state index in [1.807, 2.05) is 26.2 Å². The fourth-order valence-electron chi connectivity index (χ4n) is 4.56. The number of aromatic nitrogens is 3. The van der Waals surface area contributed by atoms with Crippen molar-refractivity contribution in [2.45, 2.75) is 24.3 Å². The number of fused-ring (bicyclic) bond motifs is 1. The fraction of sp³-hybridized carbons (Fsp3) is 0.154. The third-order valence-corrected chi connectivity index (χ3v) is 7.10. The normalized spacial score (nSPS) is 16.3. The van der Waals surface area contributed by atoms with Gasteiger partial charge in [0, 0.05) is 48.0 Å². The standard InChI is InChI=1S/C26H21BClF2N9/c27-26(15-2-1-5-32-11-15,22-13-39(38-37-22)18-3-4-18)36-16-6-19-23(35-17-8-21(29)25(30)34-12-17)14(9-31)10-33-24(19)20(28)7-16/h1-2,5-8,10-13,18,36-38H,3-4,27H2,(H,33,35). The van der Waals surface area contributed by atoms with Gasteiger partial charge >= 0.3 is 0 Å². The van der Waals surface area contributed by atoms with Crippen LogP contribution in [-0.2, 0) is 5.44 Å². The van der Waals surface area contributed by atoms with Crippen molar-refractivity contribution < 1.29 is 8.78 Å². The number of nitrogens with one attached hydrogen (secondary N) is 4. The second-order valence-corrected chi connectivity index (χ2v) is 9.95. The summed E-state index contributed by atoms with van der Waals surface area (Å²) in [7, 11) is 2.02. The van der Waals surface area contributed by atoms with Gasteiger partial charge in [-0.3, -0.25) is 15.0 Å². The van der Waals surface area contributed by atoms with Crippen LogP contribution in [0.1, 0.15) is 24.0 Å². The average Bonchev–Trinajstić information content (AvgIpc) is 3.67. The smallest absolute Gasteiger partial charge is 0.249 e. The molecule has 0 radical (unpaired) electrons. The molecule has 6 rings (SSSR count). The second kappa shape index (κ2) is 9.69. The molecule has 2 aliphatic rings. The SMILES string of the molecule is BC(Nc1cc(Cl)c2ncc(C#N)c(Nc3cnc(F)c(F)c3)c2c1)(C1=CN(C2CC2)NN1)c1cccnc1. The van der Waals surface area contributed by atoms with Crippen LogP contribution in [0.4, 0.5) is 25.8 Å². The van der Waals surface area contributed by atoms with Crippen molar-refractivity contribution in [1.82, 2.24) is 30.9 Å². The third-order valence-electron chi connectivity index (χ3n) is 6.81. The van der Waals surface area contributed by atoms with Crippen molar-refractivity contribution in [2.75, 3.05) is 10.6 Å². The highest BCUT2D eigenvalue weighted by molar-refractivity contribution is 6.36. The summed E-state index contributed by atoms with van der Waals surface area (Å²) in [5, 5.41) is 19.3. The molecule has 1 aliphatic heterocycles. The number of halogens is 3. The van der Waals surface area contributed by atoms with Crippen LogP contribution in [0.2, 0.25) is 5.02 Å². The molecule has 1 unspecified atom stereocenters. The molecule has 1 aromatic carbocycles. The molecule has 0 bridgehead atoms. The summed E-state index contributed by atoms with van der Waals surface area (Å²) in [6, 6.07) is 10.9. The Labute approximate surface area is 228 Å². The molecule has 0 spiro atoms. The number of anilines is 3. The molecule has 1 saturated carbocycles. The first-order valence-electron chi connectivity index (χ1n) is 12.2. The molecule has 0 saturated heterocycles. The largest absolute Gasteiger partial charge is 0.378 e. The molecule has 1 fully saturated rings. The van der Waals surface area contributed by atoms with Crippen molar-refractivity contribution >= 4 is 47.4 Å². The van der Waals surface area contributed by atoms with E-state index in [-0.39, 0.29) is 11.3 Å². The average molecular weight is 544 g/mol. The number of nitriles is 1. The molecule has 194 valence electrons. The number of hydrogen-bond donors (Lipinski definition) is 4. The molecule has 1 aliphatic carbocycles. The van der Waals surface area contributed by atoms with Crippen molar-refractivity contribution in [3.05, 3.63) is 94.9 Å². The van der Waals surface area contributed by atoms with E-state index in [2.05, 4.69) is 47.6 Å². The Balaban J connectivity index is 1.45. The zero-order valence-corrected chi connectivity index (χ0v) is 21.4. The lowest BCUT2D eigenvalue weighted by atomic mass is 9.70. The Morgan fingerprint density at radius 2 is 2.00 bits per heavy atom. The topological polar surface area (TPSA) is 114 Å². The number of rotatable bonds is 7. The van der Waals surface area contributed by atoms with E-state index in [1.54, 1.807) is 24.5 Å². The van der Waals surface area contributed by atoms with Gasteiger partial charge in [0.25, 0.3) is 0 Å². The maximum absolute atomic E-state index is 13.9. The minimum absolute atomic E-state index is 0.166. The maximum Gasteiger partial charge on any atom is 0.249 e. The van der Waals surface area contributed by atoms with Crippen LogP contribution in [0.15, 0.2) is 67.0 Å². The van der Waals surface area contributed by atoms with Gasteiger partial charge in [-0.2, -0.15) is 9.65 Å². The van der Waals surface area contributed by atoms with Gasteiger partial charge in [-0.25, -0.2) is 9.37 Å². The highest BCUT2D eigenvalue weighted by Gasteiger charge is 2.38. The first kappa shape index (κ1) is 24.8. The Bertz CT molecular complexity index is 1660. The van der Waals surface area contributed by atoms with Crippen LogP contribution in [0, 0.1) is 23.1 Å². The van der Waals surface area contributed by atoms with E-state index in [1.165, 1.54) is 6.20 Å². The van der Waals surface area contributed by atoms with Gasteiger partial charge in [-0.1, -0.05) is 17.7 Å². The zero-order valence-electron chi connectivity index (χ0n) is 20.6. The van der Waals surface area contributed by atoms with Gasteiger partial charge < -0.3 is 16.1 Å². The molecular formula is C26H21BClF2N9. The van der Waals surface area contributed by atoms with Crippen LogP contribution in [0.25, 0.3) is 10.9 Å². The highest BCUT2D eigenvalue weighted by Crippen LogP contribution is 2.38. The second-order valence-electron chi connectivity index (χ2n) is 9.54. The highest BCUT2D eigenvalue weighted by atomic mass is 35.5. The number of benzene rings is 1. The van der Waals surface area contributed by atoms with E-state index in [9.17, 15) is 14.0 Å². The zero-order chi connectivity index (χ0) is 27.1. The molecule has 4 heterocycles. The van der Waals surface area contributed by atoms with Crippen molar-refractivity contribution in [3.8, 4) is 6.07 Å². The van der Waals surface area contributed by atoms with Crippen molar-refractivity contribution in [1.29, 1.82) is 5.26 Å². The van der Waals surface area contributed by atoms with Crippen molar-refractivity contribution in [3.63, 3.8) is 0 Å². The summed E-state index contributed by atoms with van der Waals surface area (Å²) >= 11 is 6.69. The molecule has 1 atom stereocenters. The van der Waals surface area contributed by atoms with Crippen LogP contribution in [0.5, 0.6) is 0 Å². The first-order chi connectivity index (χ1) is 18.9. The molecular weight excluding hydrogens is 523 g/mol. The van der Waals surface area contributed by atoms with E-state index in [0.717, 1.165) is 36.4 Å². The van der Waals surface area contributed by atoms with E-state index < -0.39 is 17.2 Å². The summed E-state index contributed by atoms with van der Waals surface area (Å²) < 4.78 is 27.3. The molecule has 4 N–H and O–H groups in total. The van der Waals surface area contributed by atoms with Gasteiger partial charge in [0.1, 0.15) is 13.9 Å². The number of hydrazine groups is 2. The van der Waals surface area contributed by atoms with Crippen LogP contribution in [-0.4, -0.2) is 33.8 Å². The van der Waals surface area contributed by atoms with Gasteiger partial charge in [-0.15, -0.1) is 5.53 Å². The van der Waals surface area contributed by atoms with Crippen LogP contribution < -0.4 is 21.6 Å². The molecule has 39 heavy (non-hydrogen) atoms. The first-order valence-corrected chi connectivity index (χ1v) is 12.5. The fourth-order valence-corrected chi connectivity index (χ4v) is 4.83. The van der Waals surface area contributed by atoms with Crippen LogP contribution >= 0.6 is 11.6 Å². The number of hydrogen-bond acceptors (Lipinski definition) is 9. The minimum atomic E-state index is -1.21. The molecule has 9 nitrogen and oxygen atoms in total. The predicted octanol–water partition coefficient (Wildman–Crippen LogP) is 3.80. The minimum Gasteiger partial charge on any atom is -0.378 e. The molecule has 13 heteroatoms. The number of nitrogens with zero attached hydrogens (tertiary/aromatic N) is 5.